The average molecular weight is 431 g/mol. The van der Waals surface area contributed by atoms with Crippen LogP contribution in [0.3, 0.4) is 0 Å². The van der Waals surface area contributed by atoms with Crippen molar-refractivity contribution in [1.29, 1.82) is 0 Å². The Balaban J connectivity index is 1.41. The summed E-state index contributed by atoms with van der Waals surface area (Å²) in [6.07, 6.45) is 7.14. The fraction of sp³-hybridized carbons (Fsp3) is 0.292. The minimum absolute atomic E-state index is 0.0176. The molecule has 1 aliphatic carbocycles. The van der Waals surface area contributed by atoms with Gasteiger partial charge >= 0.3 is 0 Å². The minimum Gasteiger partial charge on any atom is -0.490 e. The first-order valence-corrected chi connectivity index (χ1v) is 11.6. The number of thiazole rings is 1. The van der Waals surface area contributed by atoms with Gasteiger partial charge in [-0.15, -0.1) is 0 Å². The number of para-hydroxylation sites is 2. The summed E-state index contributed by atoms with van der Waals surface area (Å²) in [5, 5.41) is 8.40. The Hall–Kier alpha value is -3.19. The predicted molar refractivity (Wildman–Crippen MR) is 121 cm³/mol. The van der Waals surface area contributed by atoms with Crippen LogP contribution in [-0.4, -0.2) is 26.8 Å². The number of fused-ring (bicyclic) bond motifs is 2. The molecule has 1 N–H and O–H groups in total. The molecule has 1 atom stereocenters. The Morgan fingerprint density at radius 2 is 1.84 bits per heavy atom. The molecule has 1 fully saturated rings. The lowest BCUT2D eigenvalue weighted by Crippen LogP contribution is -2.25. The Morgan fingerprint density at radius 1 is 1.03 bits per heavy atom. The summed E-state index contributed by atoms with van der Waals surface area (Å²) in [5.74, 6) is 1.48. The zero-order valence-corrected chi connectivity index (χ0v) is 17.8. The third kappa shape index (κ3) is 3.29. The first kappa shape index (κ1) is 18.6. The van der Waals surface area contributed by atoms with Crippen molar-refractivity contribution < 1.29 is 9.53 Å². The maximum Gasteiger partial charge on any atom is 0.226 e. The average Bonchev–Trinajstić information content (AvgIpc) is 3.52. The molecule has 1 unspecified atom stereocenters. The van der Waals surface area contributed by atoms with Gasteiger partial charge in [0.2, 0.25) is 11.0 Å². The summed E-state index contributed by atoms with van der Waals surface area (Å²) in [7, 11) is 0. The SMILES string of the molecule is O=C1CC(c2ccccc2OC2CCCC2)c2cnn(-c3nc4ccccc4s3)c2N1. The number of hydrogen-bond acceptors (Lipinski definition) is 5. The highest BCUT2D eigenvalue weighted by Gasteiger charge is 2.33. The Morgan fingerprint density at radius 3 is 2.71 bits per heavy atom. The summed E-state index contributed by atoms with van der Waals surface area (Å²) in [6, 6.07) is 16.1. The maximum absolute atomic E-state index is 12.7. The van der Waals surface area contributed by atoms with Crippen LogP contribution in [0.2, 0.25) is 0 Å². The first-order chi connectivity index (χ1) is 15.3. The van der Waals surface area contributed by atoms with E-state index >= 15 is 0 Å². The van der Waals surface area contributed by atoms with Crippen molar-refractivity contribution in [2.75, 3.05) is 5.32 Å². The van der Waals surface area contributed by atoms with Gasteiger partial charge in [0.15, 0.2) is 0 Å². The van der Waals surface area contributed by atoms with E-state index in [2.05, 4.69) is 16.5 Å². The highest BCUT2D eigenvalue weighted by Crippen LogP contribution is 2.42. The number of carbonyl (C=O) groups excluding carboxylic acids is 1. The smallest absolute Gasteiger partial charge is 0.226 e. The van der Waals surface area contributed by atoms with Crippen molar-refractivity contribution in [1.82, 2.24) is 14.8 Å². The van der Waals surface area contributed by atoms with E-state index in [1.807, 2.05) is 48.7 Å². The van der Waals surface area contributed by atoms with Gasteiger partial charge in [-0.25, -0.2) is 4.98 Å². The van der Waals surface area contributed by atoms with Crippen molar-refractivity contribution in [2.45, 2.75) is 44.1 Å². The number of hydrogen-bond donors (Lipinski definition) is 1. The van der Waals surface area contributed by atoms with Crippen LogP contribution in [0, 0.1) is 0 Å². The molecule has 2 aromatic heterocycles. The van der Waals surface area contributed by atoms with Crippen LogP contribution in [0.25, 0.3) is 15.3 Å². The van der Waals surface area contributed by atoms with Gasteiger partial charge in [0.1, 0.15) is 11.6 Å². The van der Waals surface area contributed by atoms with E-state index in [9.17, 15) is 4.79 Å². The topological polar surface area (TPSA) is 69.0 Å². The Bertz CT molecular complexity index is 1240. The summed E-state index contributed by atoms with van der Waals surface area (Å²) in [6.45, 7) is 0. The maximum atomic E-state index is 12.7. The monoisotopic (exact) mass is 430 g/mol. The summed E-state index contributed by atoms with van der Waals surface area (Å²) >= 11 is 1.56. The van der Waals surface area contributed by atoms with Crippen LogP contribution in [0.4, 0.5) is 5.82 Å². The van der Waals surface area contributed by atoms with Gasteiger partial charge in [-0.2, -0.15) is 9.78 Å². The fourth-order valence-corrected chi connectivity index (χ4v) is 5.58. The number of aromatic nitrogens is 3. The molecule has 31 heavy (non-hydrogen) atoms. The standard InChI is InChI=1S/C24H22N4O2S/c29-22-13-17(16-9-3-5-11-20(16)30-15-7-1-2-8-15)18-14-25-28(23(18)27-22)24-26-19-10-4-6-12-21(19)31-24/h3-6,9-12,14-15,17H,1-2,7-8,13H2,(H,27,29). The van der Waals surface area contributed by atoms with Crippen LogP contribution in [-0.2, 0) is 4.79 Å². The predicted octanol–water partition coefficient (Wildman–Crippen LogP) is 5.28. The van der Waals surface area contributed by atoms with Crippen LogP contribution >= 0.6 is 11.3 Å². The van der Waals surface area contributed by atoms with Gasteiger partial charge in [-0.05, 0) is 43.9 Å². The van der Waals surface area contributed by atoms with Gasteiger partial charge < -0.3 is 10.1 Å². The van der Waals surface area contributed by atoms with Crippen LogP contribution in [0.5, 0.6) is 5.75 Å². The minimum atomic E-state index is -0.0931. The number of benzene rings is 2. The molecule has 6 rings (SSSR count). The van der Waals surface area contributed by atoms with Gasteiger partial charge in [-0.3, -0.25) is 4.79 Å². The van der Waals surface area contributed by atoms with Crippen molar-refractivity contribution >= 4 is 33.3 Å². The molecule has 3 heterocycles. The molecule has 1 amide bonds. The first-order valence-electron chi connectivity index (χ1n) is 10.8. The molecule has 0 radical (unpaired) electrons. The van der Waals surface area contributed by atoms with Crippen molar-refractivity contribution in [3.05, 3.63) is 65.9 Å². The lowest BCUT2D eigenvalue weighted by atomic mass is 9.87. The van der Waals surface area contributed by atoms with E-state index in [0.29, 0.717) is 12.2 Å². The van der Waals surface area contributed by atoms with Gasteiger partial charge in [0.25, 0.3) is 0 Å². The Labute approximate surface area is 183 Å². The largest absolute Gasteiger partial charge is 0.490 e. The van der Waals surface area contributed by atoms with Gasteiger partial charge in [-0.1, -0.05) is 41.7 Å². The highest BCUT2D eigenvalue weighted by atomic mass is 32.1. The summed E-state index contributed by atoms with van der Waals surface area (Å²) in [5.41, 5.74) is 2.98. The lowest BCUT2D eigenvalue weighted by Gasteiger charge is -2.26. The summed E-state index contributed by atoms with van der Waals surface area (Å²) < 4.78 is 9.22. The van der Waals surface area contributed by atoms with Crippen LogP contribution < -0.4 is 10.1 Å². The third-order valence-electron chi connectivity index (χ3n) is 6.17. The molecule has 2 aromatic carbocycles. The molecular formula is C24H22N4O2S. The fourth-order valence-electron chi connectivity index (χ4n) is 4.65. The lowest BCUT2D eigenvalue weighted by molar-refractivity contribution is -0.116. The van der Waals surface area contributed by atoms with Gasteiger partial charge in [0, 0.05) is 23.5 Å². The molecule has 2 aliphatic rings. The number of anilines is 1. The zero-order valence-electron chi connectivity index (χ0n) is 17.0. The molecule has 1 saturated carbocycles. The van der Waals surface area contributed by atoms with E-state index in [4.69, 9.17) is 9.72 Å². The third-order valence-corrected chi connectivity index (χ3v) is 7.19. The van der Waals surface area contributed by atoms with Gasteiger partial charge in [0.05, 0.1) is 22.5 Å². The van der Waals surface area contributed by atoms with Crippen LogP contribution in [0.1, 0.15) is 49.1 Å². The van der Waals surface area contributed by atoms with E-state index in [1.165, 1.54) is 12.8 Å². The number of amides is 1. The normalized spacial score (nSPS) is 18.8. The van der Waals surface area contributed by atoms with E-state index in [0.717, 1.165) is 45.1 Å². The molecule has 4 aromatic rings. The number of rotatable bonds is 4. The van der Waals surface area contributed by atoms with Crippen molar-refractivity contribution in [2.24, 2.45) is 0 Å². The second-order valence-electron chi connectivity index (χ2n) is 8.19. The highest BCUT2D eigenvalue weighted by molar-refractivity contribution is 7.20. The molecule has 6 nitrogen and oxygen atoms in total. The number of carbonyl (C=O) groups is 1. The zero-order chi connectivity index (χ0) is 20.8. The van der Waals surface area contributed by atoms with Crippen molar-refractivity contribution in [3.63, 3.8) is 0 Å². The second kappa shape index (κ2) is 7.50. The molecule has 0 spiro atoms. The van der Waals surface area contributed by atoms with Crippen molar-refractivity contribution in [3.8, 4) is 10.9 Å². The molecule has 156 valence electrons. The quantitative estimate of drug-likeness (QED) is 0.478. The Kier molecular flexibility index (Phi) is 4.49. The summed E-state index contributed by atoms with van der Waals surface area (Å²) in [4.78, 5) is 17.4. The molecule has 0 bridgehead atoms. The molecular weight excluding hydrogens is 408 g/mol. The molecule has 1 aliphatic heterocycles. The number of nitrogens with zero attached hydrogens (tertiary/aromatic N) is 3. The van der Waals surface area contributed by atoms with E-state index in [-0.39, 0.29) is 17.9 Å². The second-order valence-corrected chi connectivity index (χ2v) is 9.20. The molecule has 7 heteroatoms. The van der Waals surface area contributed by atoms with E-state index in [1.54, 1.807) is 16.0 Å². The number of ether oxygens (including phenoxy) is 1. The number of nitrogens with one attached hydrogen (secondary N) is 1. The van der Waals surface area contributed by atoms with Crippen LogP contribution in [0.15, 0.2) is 54.7 Å². The molecule has 0 saturated heterocycles. The van der Waals surface area contributed by atoms with E-state index < -0.39 is 0 Å².